The van der Waals surface area contributed by atoms with E-state index in [1.54, 1.807) is 6.08 Å². The van der Waals surface area contributed by atoms with Gasteiger partial charge in [-0.1, -0.05) is 34.1 Å². The van der Waals surface area contributed by atoms with Crippen molar-refractivity contribution in [2.75, 3.05) is 6.54 Å². The molecule has 0 aromatic heterocycles. The molecule has 0 aromatic rings. The van der Waals surface area contributed by atoms with Crippen LogP contribution < -0.4 is 5.32 Å². The molecule has 0 saturated heterocycles. The molecule has 2 N–H and O–H groups in total. The summed E-state index contributed by atoms with van der Waals surface area (Å²) in [6.07, 6.45) is 4.51. The van der Waals surface area contributed by atoms with E-state index in [0.717, 1.165) is 19.3 Å². The maximum Gasteiger partial charge on any atom is 0.285 e. The van der Waals surface area contributed by atoms with E-state index >= 15 is 0 Å². The Bertz CT molecular complexity index is 232. The highest BCUT2D eigenvalue weighted by atomic mass is 16.3. The molecule has 0 spiro atoms. The summed E-state index contributed by atoms with van der Waals surface area (Å²) < 4.78 is 0. The predicted molar refractivity (Wildman–Crippen MR) is 67.2 cm³/mol. The van der Waals surface area contributed by atoms with Crippen molar-refractivity contribution in [2.24, 2.45) is 11.8 Å². The van der Waals surface area contributed by atoms with Crippen molar-refractivity contribution >= 4 is 5.91 Å². The van der Waals surface area contributed by atoms with Gasteiger partial charge in [-0.3, -0.25) is 4.79 Å². The molecule has 0 aliphatic heterocycles. The number of hydrogen-bond donors (Lipinski definition) is 2. The SMILES string of the molecule is CC(C)CCCC=C(O)C(=O)NCC(C)C. The first-order chi connectivity index (χ1) is 7.43. The van der Waals surface area contributed by atoms with Gasteiger partial charge in [-0.25, -0.2) is 0 Å². The van der Waals surface area contributed by atoms with Crippen LogP contribution in [0.5, 0.6) is 0 Å². The van der Waals surface area contributed by atoms with Gasteiger partial charge in [-0.2, -0.15) is 0 Å². The highest BCUT2D eigenvalue weighted by Crippen LogP contribution is 2.07. The Labute approximate surface area is 98.9 Å². The number of rotatable bonds is 7. The normalized spacial score (nSPS) is 12.2. The van der Waals surface area contributed by atoms with Crippen LogP contribution in [0.1, 0.15) is 47.0 Å². The summed E-state index contributed by atoms with van der Waals surface area (Å²) in [4.78, 5) is 11.3. The van der Waals surface area contributed by atoms with Gasteiger partial charge in [0, 0.05) is 6.54 Å². The summed E-state index contributed by atoms with van der Waals surface area (Å²) in [5, 5.41) is 12.1. The molecule has 0 atom stereocenters. The molecule has 3 heteroatoms. The third kappa shape index (κ3) is 8.33. The molecule has 0 saturated carbocycles. The third-order valence-corrected chi connectivity index (χ3v) is 2.23. The summed E-state index contributed by atoms with van der Waals surface area (Å²) in [7, 11) is 0. The van der Waals surface area contributed by atoms with Crippen molar-refractivity contribution in [3.8, 4) is 0 Å². The Morgan fingerprint density at radius 3 is 2.38 bits per heavy atom. The lowest BCUT2D eigenvalue weighted by Gasteiger charge is -2.07. The van der Waals surface area contributed by atoms with Gasteiger partial charge in [-0.15, -0.1) is 0 Å². The minimum atomic E-state index is -0.363. The average Bonchev–Trinajstić information content (AvgIpc) is 2.20. The minimum Gasteiger partial charge on any atom is -0.503 e. The molecular formula is C13H25NO2. The first-order valence-electron chi connectivity index (χ1n) is 6.10. The van der Waals surface area contributed by atoms with E-state index in [1.807, 2.05) is 13.8 Å². The maximum atomic E-state index is 11.3. The zero-order valence-electron chi connectivity index (χ0n) is 10.9. The lowest BCUT2D eigenvalue weighted by Crippen LogP contribution is -2.28. The van der Waals surface area contributed by atoms with E-state index < -0.39 is 0 Å². The second kappa shape index (κ2) is 8.20. The van der Waals surface area contributed by atoms with E-state index in [2.05, 4.69) is 19.2 Å². The zero-order chi connectivity index (χ0) is 12.6. The van der Waals surface area contributed by atoms with Crippen molar-refractivity contribution in [3.63, 3.8) is 0 Å². The summed E-state index contributed by atoms with van der Waals surface area (Å²) in [6, 6.07) is 0. The first-order valence-corrected chi connectivity index (χ1v) is 6.10. The highest BCUT2D eigenvalue weighted by molar-refractivity contribution is 5.90. The molecule has 0 heterocycles. The second-order valence-electron chi connectivity index (χ2n) is 5.02. The Morgan fingerprint density at radius 2 is 1.88 bits per heavy atom. The van der Waals surface area contributed by atoms with Crippen LogP contribution >= 0.6 is 0 Å². The van der Waals surface area contributed by atoms with E-state index in [0.29, 0.717) is 18.4 Å². The molecular weight excluding hydrogens is 202 g/mol. The number of aliphatic hydroxyl groups is 1. The van der Waals surface area contributed by atoms with E-state index in [4.69, 9.17) is 0 Å². The molecule has 0 unspecified atom stereocenters. The van der Waals surface area contributed by atoms with E-state index in [9.17, 15) is 9.90 Å². The van der Waals surface area contributed by atoms with E-state index in [-0.39, 0.29) is 11.7 Å². The number of carbonyl (C=O) groups excluding carboxylic acids is 1. The van der Waals surface area contributed by atoms with Crippen molar-refractivity contribution in [3.05, 3.63) is 11.8 Å². The smallest absolute Gasteiger partial charge is 0.285 e. The standard InChI is InChI=1S/C13H25NO2/c1-10(2)7-5-6-8-12(15)13(16)14-9-11(3)4/h8,10-11,15H,5-7,9H2,1-4H3,(H,14,16). The molecule has 0 aliphatic rings. The van der Waals surface area contributed by atoms with Crippen molar-refractivity contribution < 1.29 is 9.90 Å². The fourth-order valence-corrected chi connectivity index (χ4v) is 1.24. The number of aliphatic hydroxyl groups excluding tert-OH is 1. The molecule has 3 nitrogen and oxygen atoms in total. The summed E-state index contributed by atoms with van der Waals surface area (Å²) in [5.41, 5.74) is 0. The highest BCUT2D eigenvalue weighted by Gasteiger charge is 2.06. The van der Waals surface area contributed by atoms with Gasteiger partial charge < -0.3 is 10.4 Å². The fraction of sp³-hybridized carbons (Fsp3) is 0.769. The van der Waals surface area contributed by atoms with Crippen LogP contribution in [0.25, 0.3) is 0 Å². The minimum absolute atomic E-state index is 0.149. The van der Waals surface area contributed by atoms with Crippen LogP contribution in [-0.4, -0.2) is 17.6 Å². The lowest BCUT2D eigenvalue weighted by molar-refractivity contribution is -0.120. The quantitative estimate of drug-likeness (QED) is 0.399. The van der Waals surface area contributed by atoms with Crippen LogP contribution in [-0.2, 0) is 4.79 Å². The van der Waals surface area contributed by atoms with Crippen LogP contribution in [0.2, 0.25) is 0 Å². The Hall–Kier alpha value is -0.990. The number of hydrogen-bond acceptors (Lipinski definition) is 2. The number of amides is 1. The summed E-state index contributed by atoms with van der Waals surface area (Å²) >= 11 is 0. The number of unbranched alkanes of at least 4 members (excludes halogenated alkanes) is 1. The lowest BCUT2D eigenvalue weighted by atomic mass is 10.1. The molecule has 1 amide bonds. The van der Waals surface area contributed by atoms with Gasteiger partial charge in [0.1, 0.15) is 0 Å². The zero-order valence-corrected chi connectivity index (χ0v) is 10.9. The van der Waals surface area contributed by atoms with Gasteiger partial charge in [-0.05, 0) is 30.8 Å². The fourth-order valence-electron chi connectivity index (χ4n) is 1.24. The Morgan fingerprint density at radius 1 is 1.25 bits per heavy atom. The van der Waals surface area contributed by atoms with Gasteiger partial charge in [0.05, 0.1) is 0 Å². The van der Waals surface area contributed by atoms with Gasteiger partial charge in [0.2, 0.25) is 0 Å². The van der Waals surface area contributed by atoms with Crippen LogP contribution in [0, 0.1) is 11.8 Å². The van der Waals surface area contributed by atoms with Gasteiger partial charge in [0.15, 0.2) is 5.76 Å². The third-order valence-electron chi connectivity index (χ3n) is 2.23. The molecule has 0 aliphatic carbocycles. The maximum absolute atomic E-state index is 11.3. The molecule has 0 aromatic carbocycles. The van der Waals surface area contributed by atoms with E-state index in [1.165, 1.54) is 0 Å². The monoisotopic (exact) mass is 227 g/mol. The van der Waals surface area contributed by atoms with Crippen molar-refractivity contribution in [2.45, 2.75) is 47.0 Å². The number of nitrogens with one attached hydrogen (secondary N) is 1. The van der Waals surface area contributed by atoms with Crippen LogP contribution in [0.4, 0.5) is 0 Å². The van der Waals surface area contributed by atoms with Crippen molar-refractivity contribution in [1.82, 2.24) is 5.32 Å². The predicted octanol–water partition coefficient (Wildman–Crippen LogP) is 3.03. The summed E-state index contributed by atoms with van der Waals surface area (Å²) in [6.45, 7) is 8.97. The van der Waals surface area contributed by atoms with Crippen molar-refractivity contribution in [1.29, 1.82) is 0 Å². The van der Waals surface area contributed by atoms with Gasteiger partial charge >= 0.3 is 0 Å². The molecule has 16 heavy (non-hydrogen) atoms. The number of carbonyl (C=O) groups is 1. The van der Waals surface area contributed by atoms with Gasteiger partial charge in [0.25, 0.3) is 5.91 Å². The first kappa shape index (κ1) is 15.0. The molecule has 0 fully saturated rings. The van der Waals surface area contributed by atoms with Crippen LogP contribution in [0.15, 0.2) is 11.8 Å². The molecule has 94 valence electrons. The largest absolute Gasteiger partial charge is 0.503 e. The Balaban J connectivity index is 3.79. The molecule has 0 bridgehead atoms. The second-order valence-corrected chi connectivity index (χ2v) is 5.02. The number of allylic oxidation sites excluding steroid dienone is 1. The average molecular weight is 227 g/mol. The molecule has 0 radical (unpaired) electrons. The summed E-state index contributed by atoms with van der Waals surface area (Å²) in [5.74, 6) is 0.561. The van der Waals surface area contributed by atoms with Crippen LogP contribution in [0.3, 0.4) is 0 Å². The Kier molecular flexibility index (Phi) is 7.69. The topological polar surface area (TPSA) is 49.3 Å². The molecule has 0 rings (SSSR count).